The summed E-state index contributed by atoms with van der Waals surface area (Å²) in [7, 11) is 0. The van der Waals surface area contributed by atoms with E-state index in [2.05, 4.69) is 5.32 Å². The predicted octanol–water partition coefficient (Wildman–Crippen LogP) is 1.27. The van der Waals surface area contributed by atoms with E-state index in [1.165, 1.54) is 12.8 Å². The van der Waals surface area contributed by atoms with E-state index in [4.69, 9.17) is 0 Å². The van der Waals surface area contributed by atoms with E-state index in [-0.39, 0.29) is 0 Å². The van der Waals surface area contributed by atoms with Gasteiger partial charge in [-0.3, -0.25) is 4.79 Å². The molecule has 0 aliphatic heterocycles. The maximum absolute atomic E-state index is 12.1. The summed E-state index contributed by atoms with van der Waals surface area (Å²) in [5.41, 5.74) is 0. The highest BCUT2D eigenvalue weighted by molar-refractivity contribution is 5.83. The van der Waals surface area contributed by atoms with E-state index < -0.39 is 0 Å². The molecular formula is C14H17NO. The smallest absolute Gasteiger partial charge is 0.223 e. The van der Waals surface area contributed by atoms with Crippen molar-refractivity contribution in [3.8, 4) is 0 Å². The minimum absolute atomic E-state index is 0.436. The number of rotatable bonds is 2. The average Bonchev–Trinajstić information content (AvgIpc) is 3.22. The Hall–Kier alpha value is -0.530. The Morgan fingerprint density at radius 3 is 1.94 bits per heavy atom. The summed E-state index contributed by atoms with van der Waals surface area (Å²) in [5, 5.41) is 3.23. The molecule has 0 aromatic rings. The lowest BCUT2D eigenvalue weighted by atomic mass is 9.91. The van der Waals surface area contributed by atoms with Gasteiger partial charge < -0.3 is 5.32 Å². The van der Waals surface area contributed by atoms with Crippen LogP contribution in [0.2, 0.25) is 0 Å². The van der Waals surface area contributed by atoms with Gasteiger partial charge in [0.2, 0.25) is 5.91 Å². The van der Waals surface area contributed by atoms with E-state index in [9.17, 15) is 4.79 Å². The molecule has 84 valence electrons. The molecular weight excluding hydrogens is 198 g/mol. The normalized spacial score (nSPS) is 70.4. The summed E-state index contributed by atoms with van der Waals surface area (Å²) in [6.45, 7) is 0. The zero-order valence-corrected chi connectivity index (χ0v) is 9.30. The van der Waals surface area contributed by atoms with Gasteiger partial charge in [0.1, 0.15) is 0 Å². The van der Waals surface area contributed by atoms with Gasteiger partial charge in [0.15, 0.2) is 0 Å². The Balaban J connectivity index is 1.30. The predicted molar refractivity (Wildman–Crippen MR) is 57.2 cm³/mol. The van der Waals surface area contributed by atoms with E-state index >= 15 is 0 Å². The first-order valence-corrected chi connectivity index (χ1v) is 7.16. The van der Waals surface area contributed by atoms with Crippen LogP contribution < -0.4 is 5.32 Å². The summed E-state index contributed by atoms with van der Waals surface area (Å²) in [4.78, 5) is 12.1. The molecule has 7 rings (SSSR count). The van der Waals surface area contributed by atoms with Crippen molar-refractivity contribution in [2.24, 2.45) is 53.3 Å². The Morgan fingerprint density at radius 1 is 0.875 bits per heavy atom. The first-order valence-electron chi connectivity index (χ1n) is 7.16. The van der Waals surface area contributed by atoms with Crippen LogP contribution in [-0.4, -0.2) is 11.9 Å². The van der Waals surface area contributed by atoms with Crippen molar-refractivity contribution in [3.63, 3.8) is 0 Å². The molecule has 7 aliphatic rings. The van der Waals surface area contributed by atoms with Crippen LogP contribution in [0.25, 0.3) is 0 Å². The van der Waals surface area contributed by atoms with E-state index in [0.717, 1.165) is 47.3 Å². The molecule has 2 nitrogen and oxygen atoms in total. The van der Waals surface area contributed by atoms with Gasteiger partial charge >= 0.3 is 0 Å². The molecule has 16 heavy (non-hydrogen) atoms. The van der Waals surface area contributed by atoms with Gasteiger partial charge in [-0.1, -0.05) is 0 Å². The fourth-order valence-corrected chi connectivity index (χ4v) is 6.59. The summed E-state index contributed by atoms with van der Waals surface area (Å²) in [6, 6.07) is 0.565. The number of fused-ring (bicyclic) bond motifs is 1. The van der Waals surface area contributed by atoms with Crippen LogP contribution in [0, 0.1) is 53.3 Å². The van der Waals surface area contributed by atoms with Crippen LogP contribution in [0.15, 0.2) is 0 Å². The van der Waals surface area contributed by atoms with Gasteiger partial charge in [-0.2, -0.15) is 0 Å². The van der Waals surface area contributed by atoms with Crippen molar-refractivity contribution in [1.29, 1.82) is 0 Å². The molecule has 1 amide bonds. The van der Waals surface area contributed by atoms with Crippen molar-refractivity contribution < 1.29 is 4.79 Å². The molecule has 2 heteroatoms. The second-order valence-corrected chi connectivity index (χ2v) is 7.34. The van der Waals surface area contributed by atoms with Crippen molar-refractivity contribution in [1.82, 2.24) is 5.32 Å². The number of carbonyl (C=O) groups excluding carboxylic acids is 1. The molecule has 7 aliphatic carbocycles. The highest BCUT2D eigenvalue weighted by atomic mass is 16.2. The van der Waals surface area contributed by atoms with Gasteiger partial charge in [0.05, 0.1) is 0 Å². The molecule has 7 fully saturated rings. The molecule has 1 N–H and O–H groups in total. The fourth-order valence-electron chi connectivity index (χ4n) is 6.59. The second-order valence-electron chi connectivity index (χ2n) is 7.34. The highest BCUT2D eigenvalue weighted by Crippen LogP contribution is 2.89. The van der Waals surface area contributed by atoms with Gasteiger partial charge in [-0.25, -0.2) is 0 Å². The van der Waals surface area contributed by atoms with Crippen molar-refractivity contribution in [2.45, 2.75) is 25.3 Å². The minimum Gasteiger partial charge on any atom is -0.353 e. The van der Waals surface area contributed by atoms with Crippen LogP contribution in [0.3, 0.4) is 0 Å². The van der Waals surface area contributed by atoms with Gasteiger partial charge in [-0.05, 0) is 66.6 Å². The van der Waals surface area contributed by atoms with Crippen LogP contribution in [0.1, 0.15) is 19.3 Å². The van der Waals surface area contributed by atoms with E-state index in [0.29, 0.717) is 17.9 Å². The van der Waals surface area contributed by atoms with Crippen LogP contribution in [0.4, 0.5) is 0 Å². The summed E-state index contributed by atoms with van der Waals surface area (Å²) in [6.07, 6.45) is 4.02. The van der Waals surface area contributed by atoms with Crippen LogP contribution in [-0.2, 0) is 4.79 Å². The zero-order chi connectivity index (χ0) is 10.2. The first kappa shape index (κ1) is 7.73. The number of hydrogen-bond donors (Lipinski definition) is 1. The third-order valence-corrected chi connectivity index (χ3v) is 6.96. The Bertz CT molecular complexity index is 404. The van der Waals surface area contributed by atoms with Crippen LogP contribution >= 0.6 is 0 Å². The van der Waals surface area contributed by atoms with Crippen molar-refractivity contribution >= 4 is 5.91 Å². The van der Waals surface area contributed by atoms with Gasteiger partial charge in [-0.15, -0.1) is 0 Å². The lowest BCUT2D eigenvalue weighted by Crippen LogP contribution is -2.30. The topological polar surface area (TPSA) is 29.1 Å². The minimum atomic E-state index is 0.436. The van der Waals surface area contributed by atoms with E-state index in [1.807, 2.05) is 0 Å². The van der Waals surface area contributed by atoms with E-state index in [1.54, 1.807) is 6.42 Å². The molecule has 6 bridgehead atoms. The lowest BCUT2D eigenvalue weighted by Gasteiger charge is -2.15. The van der Waals surface area contributed by atoms with Gasteiger partial charge in [0, 0.05) is 12.0 Å². The zero-order valence-electron chi connectivity index (χ0n) is 9.30. The van der Waals surface area contributed by atoms with Gasteiger partial charge in [0.25, 0.3) is 0 Å². The molecule has 0 saturated heterocycles. The van der Waals surface area contributed by atoms with Crippen molar-refractivity contribution in [2.75, 3.05) is 0 Å². The Kier molecular flexibility index (Phi) is 0.954. The second kappa shape index (κ2) is 1.97. The molecule has 0 aromatic heterocycles. The highest BCUT2D eigenvalue weighted by Gasteiger charge is 2.87. The number of hydrogen-bond acceptors (Lipinski definition) is 1. The van der Waals surface area contributed by atoms with Crippen molar-refractivity contribution in [3.05, 3.63) is 0 Å². The fraction of sp³-hybridized carbons (Fsp3) is 0.929. The lowest BCUT2D eigenvalue weighted by molar-refractivity contribution is -0.123. The molecule has 0 aromatic carbocycles. The Morgan fingerprint density at radius 2 is 1.44 bits per heavy atom. The average molecular weight is 215 g/mol. The maximum atomic E-state index is 12.1. The van der Waals surface area contributed by atoms with Crippen LogP contribution in [0.5, 0.6) is 0 Å². The SMILES string of the molecule is O=C(NC1CC1)C1[C@@H]2[C@@H]3C4CC5[C@H]3[C@H]5[C@@H]4[C@@H]12. The number of nitrogens with one attached hydrogen (secondary N) is 1. The molecule has 6 atom stereocenters. The molecule has 0 heterocycles. The largest absolute Gasteiger partial charge is 0.353 e. The molecule has 0 radical (unpaired) electrons. The number of amides is 1. The quantitative estimate of drug-likeness (QED) is 0.738. The third-order valence-electron chi connectivity index (χ3n) is 6.96. The monoisotopic (exact) mass is 215 g/mol. The summed E-state index contributed by atoms with van der Waals surface area (Å²) < 4.78 is 0. The third kappa shape index (κ3) is 0.613. The Labute approximate surface area is 95.2 Å². The summed E-state index contributed by atoms with van der Waals surface area (Å²) >= 11 is 0. The first-order chi connectivity index (χ1) is 7.86. The molecule has 0 unspecified atom stereocenters. The molecule has 0 spiro atoms. The number of carbonyl (C=O) groups is 1. The summed E-state index contributed by atoms with van der Waals surface area (Å²) in [5.74, 6) is 9.07. The standard InChI is InChI=1S/C14H17NO/c16-14(15-4-1-2-4)13-11-9-6-3-5-7(9)8(5)10(6)12(11)13/h4-13H,1-3H2,(H,15,16)/t5?,6?,7-,8-,9+,10+,11+,12+,13?/m0/s1. The molecule has 7 saturated carbocycles. The maximum Gasteiger partial charge on any atom is 0.223 e.